The molecule has 0 aromatic rings. The largest absolute Gasteiger partial charge is 0.462 e. The van der Waals surface area contributed by atoms with Gasteiger partial charge in [0.1, 0.15) is 12.2 Å². The number of rotatable bonds is 1. The molecule has 1 spiro atoms. The SMILES string of the molecule is CC(=O)O[C@H]1CC[C@@]2(C)C(=CC[C@H]3[C@@H]4C[C@@H]5O[C@]6(C[C@@H](C)CO6)[C@H](O)[C@@H](C)[C@@H]5[C@@]4(C)CC[C@@H]32)C1. The maximum atomic E-state index is 11.5. The molecule has 2 saturated heterocycles. The second kappa shape index (κ2) is 7.79. The predicted molar refractivity (Wildman–Crippen MR) is 129 cm³/mol. The Morgan fingerprint density at radius 2 is 1.97 bits per heavy atom. The molecule has 3 saturated carbocycles. The minimum Gasteiger partial charge on any atom is -0.462 e. The number of carbonyl (C=O) groups excluding carboxylic acids is 1. The molecule has 0 unspecified atom stereocenters. The van der Waals surface area contributed by atoms with E-state index < -0.39 is 11.9 Å². The molecule has 0 aromatic carbocycles. The van der Waals surface area contributed by atoms with Crippen molar-refractivity contribution >= 4 is 5.97 Å². The number of esters is 1. The molecule has 1 N–H and O–H groups in total. The van der Waals surface area contributed by atoms with E-state index in [1.54, 1.807) is 0 Å². The van der Waals surface area contributed by atoms with Gasteiger partial charge >= 0.3 is 5.97 Å². The fraction of sp³-hybridized carbons (Fsp3) is 0.897. The van der Waals surface area contributed by atoms with Gasteiger partial charge in [0, 0.05) is 19.8 Å². The van der Waals surface area contributed by atoms with Crippen LogP contribution in [-0.4, -0.2) is 41.8 Å². The van der Waals surface area contributed by atoms with Crippen molar-refractivity contribution < 1.29 is 24.1 Å². The minimum absolute atomic E-state index is 0.0531. The lowest BCUT2D eigenvalue weighted by atomic mass is 9.46. The second-order valence-corrected chi connectivity index (χ2v) is 13.4. The fourth-order valence-corrected chi connectivity index (χ4v) is 10.1. The number of aliphatic hydroxyl groups excluding tert-OH is 1. The molecule has 2 aliphatic heterocycles. The van der Waals surface area contributed by atoms with Gasteiger partial charge in [0.2, 0.25) is 0 Å². The van der Waals surface area contributed by atoms with E-state index in [0.717, 1.165) is 38.5 Å². The second-order valence-electron chi connectivity index (χ2n) is 13.4. The molecule has 190 valence electrons. The van der Waals surface area contributed by atoms with Gasteiger partial charge in [-0.2, -0.15) is 0 Å². The van der Waals surface area contributed by atoms with Crippen molar-refractivity contribution in [3.63, 3.8) is 0 Å². The maximum Gasteiger partial charge on any atom is 0.302 e. The van der Waals surface area contributed by atoms with E-state index in [1.807, 2.05) is 0 Å². The zero-order valence-electron chi connectivity index (χ0n) is 21.7. The van der Waals surface area contributed by atoms with Crippen LogP contribution in [-0.2, 0) is 19.0 Å². The van der Waals surface area contributed by atoms with Gasteiger partial charge in [-0.15, -0.1) is 0 Å². The Morgan fingerprint density at radius 1 is 1.18 bits per heavy atom. The summed E-state index contributed by atoms with van der Waals surface area (Å²) in [7, 11) is 0. The summed E-state index contributed by atoms with van der Waals surface area (Å²) in [4.78, 5) is 11.5. The third-order valence-electron chi connectivity index (χ3n) is 11.6. The molecule has 5 fully saturated rings. The lowest BCUT2D eigenvalue weighted by molar-refractivity contribution is -0.330. The number of hydrogen-bond acceptors (Lipinski definition) is 5. The van der Waals surface area contributed by atoms with E-state index in [9.17, 15) is 9.90 Å². The van der Waals surface area contributed by atoms with Crippen LogP contribution in [0.3, 0.4) is 0 Å². The van der Waals surface area contributed by atoms with E-state index >= 15 is 0 Å². The Hall–Kier alpha value is -0.910. The molecule has 4 aliphatic carbocycles. The van der Waals surface area contributed by atoms with Gasteiger partial charge in [-0.25, -0.2) is 0 Å². The molecule has 5 nitrogen and oxygen atoms in total. The smallest absolute Gasteiger partial charge is 0.302 e. The van der Waals surface area contributed by atoms with Gasteiger partial charge in [-0.05, 0) is 84.9 Å². The molecule has 0 amide bonds. The average Bonchev–Trinajstić information content (AvgIpc) is 3.29. The van der Waals surface area contributed by atoms with Gasteiger partial charge in [-0.1, -0.05) is 39.3 Å². The van der Waals surface area contributed by atoms with Crippen LogP contribution in [0, 0.1) is 46.3 Å². The first-order valence-electron chi connectivity index (χ1n) is 13.9. The van der Waals surface area contributed by atoms with E-state index in [-0.39, 0.29) is 34.9 Å². The Labute approximate surface area is 205 Å². The first kappa shape index (κ1) is 23.5. The van der Waals surface area contributed by atoms with Crippen LogP contribution in [0.2, 0.25) is 0 Å². The topological polar surface area (TPSA) is 65.0 Å². The van der Waals surface area contributed by atoms with Crippen molar-refractivity contribution in [3.8, 4) is 0 Å². The highest BCUT2D eigenvalue weighted by Gasteiger charge is 2.67. The summed E-state index contributed by atoms with van der Waals surface area (Å²) < 4.78 is 18.6. The number of carbonyl (C=O) groups is 1. The van der Waals surface area contributed by atoms with Crippen LogP contribution in [0.4, 0.5) is 0 Å². The van der Waals surface area contributed by atoms with Gasteiger partial charge in [0.05, 0.1) is 12.7 Å². The molecule has 12 atom stereocenters. The summed E-state index contributed by atoms with van der Waals surface area (Å²) in [6.07, 6.45) is 10.8. The lowest BCUT2D eigenvalue weighted by Gasteiger charge is -2.59. The number of hydrogen-bond donors (Lipinski definition) is 1. The van der Waals surface area contributed by atoms with Gasteiger partial charge in [-0.3, -0.25) is 4.79 Å². The molecule has 34 heavy (non-hydrogen) atoms. The minimum atomic E-state index is -0.788. The normalized spacial score (nSPS) is 56.2. The Morgan fingerprint density at radius 3 is 2.68 bits per heavy atom. The summed E-state index contributed by atoms with van der Waals surface area (Å²) in [5.74, 6) is 2.09. The van der Waals surface area contributed by atoms with E-state index in [2.05, 4.69) is 33.8 Å². The molecule has 6 rings (SSSR count). The summed E-state index contributed by atoms with van der Waals surface area (Å²) in [5, 5.41) is 11.4. The zero-order chi connectivity index (χ0) is 24.0. The number of fused-ring (bicyclic) bond motifs is 7. The van der Waals surface area contributed by atoms with E-state index in [4.69, 9.17) is 14.2 Å². The lowest BCUT2D eigenvalue weighted by Crippen LogP contribution is -2.60. The predicted octanol–water partition coefficient (Wildman–Crippen LogP) is 5.26. The number of allylic oxidation sites excluding steroid dienone is 1. The number of ether oxygens (including phenoxy) is 3. The van der Waals surface area contributed by atoms with Crippen LogP contribution in [0.25, 0.3) is 0 Å². The monoisotopic (exact) mass is 472 g/mol. The Kier molecular flexibility index (Phi) is 5.38. The molecule has 6 aliphatic rings. The molecule has 5 heteroatoms. The van der Waals surface area contributed by atoms with Crippen molar-refractivity contribution in [2.75, 3.05) is 6.61 Å². The molecular weight excluding hydrogens is 428 g/mol. The van der Waals surface area contributed by atoms with Crippen LogP contribution < -0.4 is 0 Å². The highest BCUT2D eigenvalue weighted by molar-refractivity contribution is 5.66. The van der Waals surface area contributed by atoms with Gasteiger partial charge in [0.25, 0.3) is 0 Å². The maximum absolute atomic E-state index is 11.5. The summed E-state index contributed by atoms with van der Waals surface area (Å²) >= 11 is 0. The van der Waals surface area contributed by atoms with Crippen LogP contribution in [0.15, 0.2) is 11.6 Å². The van der Waals surface area contributed by atoms with Crippen molar-refractivity contribution in [1.29, 1.82) is 0 Å². The van der Waals surface area contributed by atoms with Crippen LogP contribution in [0.5, 0.6) is 0 Å². The Balaban J connectivity index is 1.27. The summed E-state index contributed by atoms with van der Waals surface area (Å²) in [6.45, 7) is 11.7. The van der Waals surface area contributed by atoms with E-state index in [1.165, 1.54) is 25.3 Å². The number of aliphatic hydroxyl groups is 1. The van der Waals surface area contributed by atoms with Crippen LogP contribution >= 0.6 is 0 Å². The fourth-order valence-electron chi connectivity index (χ4n) is 10.1. The first-order valence-corrected chi connectivity index (χ1v) is 13.9. The standard InChI is InChI=1S/C29H44O5/c1-16-14-29(32-15-16)26(31)17(2)25-24(34-29)13-23-21-7-6-19-12-20(33-18(3)30)8-10-27(19,4)22(21)9-11-28(23,25)5/h6,16-17,20-26,31H,7-15H2,1-5H3/t16-,17+,20+,21-,22+,23+,24+,25+,26-,27+,28+,29-/m1/s1. The molecule has 0 bridgehead atoms. The molecule has 2 heterocycles. The van der Waals surface area contributed by atoms with E-state index in [0.29, 0.717) is 36.2 Å². The quantitative estimate of drug-likeness (QED) is 0.417. The highest BCUT2D eigenvalue weighted by Crippen LogP contribution is 2.69. The van der Waals surface area contributed by atoms with Crippen molar-refractivity contribution in [1.82, 2.24) is 0 Å². The van der Waals surface area contributed by atoms with Gasteiger partial charge < -0.3 is 19.3 Å². The van der Waals surface area contributed by atoms with Crippen molar-refractivity contribution in [3.05, 3.63) is 11.6 Å². The molecule has 0 aromatic heterocycles. The summed E-state index contributed by atoms with van der Waals surface area (Å²) in [6, 6.07) is 0. The van der Waals surface area contributed by atoms with Crippen LogP contribution in [0.1, 0.15) is 86.0 Å². The highest BCUT2D eigenvalue weighted by atomic mass is 16.7. The zero-order valence-corrected chi connectivity index (χ0v) is 21.7. The third kappa shape index (κ3) is 3.18. The average molecular weight is 473 g/mol. The third-order valence-corrected chi connectivity index (χ3v) is 11.6. The first-order chi connectivity index (χ1) is 16.1. The van der Waals surface area contributed by atoms with Crippen molar-refractivity contribution in [2.24, 2.45) is 46.3 Å². The molecule has 0 radical (unpaired) electrons. The Bertz CT molecular complexity index is 884. The summed E-state index contributed by atoms with van der Waals surface area (Å²) in [5.41, 5.74) is 1.98. The van der Waals surface area contributed by atoms with Gasteiger partial charge in [0.15, 0.2) is 5.79 Å². The molecular formula is C29H44O5. The van der Waals surface area contributed by atoms with Crippen molar-refractivity contribution in [2.45, 2.75) is 110 Å².